The van der Waals surface area contributed by atoms with E-state index in [9.17, 15) is 4.79 Å². The first kappa shape index (κ1) is 18.5. The molecule has 3 rings (SSSR count). The molecule has 138 valence electrons. The van der Waals surface area contributed by atoms with Gasteiger partial charge in [-0.25, -0.2) is 0 Å². The number of methoxy groups -OCH3 is 3. The van der Waals surface area contributed by atoms with E-state index in [-0.39, 0.29) is 11.3 Å². The third kappa shape index (κ3) is 3.90. The van der Waals surface area contributed by atoms with Crippen molar-refractivity contribution in [3.63, 3.8) is 0 Å². The van der Waals surface area contributed by atoms with Crippen LogP contribution in [0.5, 0.6) is 17.2 Å². The highest BCUT2D eigenvalue weighted by Crippen LogP contribution is 2.43. The van der Waals surface area contributed by atoms with Crippen molar-refractivity contribution in [1.82, 2.24) is 4.90 Å². The number of carbonyl (C=O) groups is 1. The molecule has 2 aromatic rings. The molecular weight excluding hydrogens is 350 g/mol. The number of carbonyl (C=O) groups excluding carboxylic acids is 1. The smallest absolute Gasteiger partial charge is 0.228 e. The predicted octanol–water partition coefficient (Wildman–Crippen LogP) is 3.53. The zero-order chi connectivity index (χ0) is 18.5. The van der Waals surface area contributed by atoms with Gasteiger partial charge in [-0.05, 0) is 29.8 Å². The summed E-state index contributed by atoms with van der Waals surface area (Å²) in [5, 5.41) is -0.0402. The number of rotatable bonds is 6. The maximum absolute atomic E-state index is 12.9. The predicted molar refractivity (Wildman–Crippen MR) is 103 cm³/mol. The van der Waals surface area contributed by atoms with Gasteiger partial charge >= 0.3 is 0 Å². The molecule has 1 aliphatic rings. The molecule has 6 heteroatoms. The summed E-state index contributed by atoms with van der Waals surface area (Å²) in [6.45, 7) is 0.736. The Bertz CT molecular complexity index is 763. The maximum Gasteiger partial charge on any atom is 0.228 e. The highest BCUT2D eigenvalue weighted by atomic mass is 32.2. The summed E-state index contributed by atoms with van der Waals surface area (Å²) < 4.78 is 16.0. The highest BCUT2D eigenvalue weighted by molar-refractivity contribution is 7.99. The molecule has 0 N–H and O–H groups in total. The first-order valence-corrected chi connectivity index (χ1v) is 9.47. The lowest BCUT2D eigenvalue weighted by Crippen LogP contribution is -2.31. The second kappa shape index (κ2) is 8.36. The minimum atomic E-state index is -0.0402. The van der Waals surface area contributed by atoms with Gasteiger partial charge in [0.25, 0.3) is 0 Å². The molecule has 26 heavy (non-hydrogen) atoms. The number of amides is 1. The van der Waals surface area contributed by atoms with E-state index in [4.69, 9.17) is 14.2 Å². The Hall–Kier alpha value is -2.34. The van der Waals surface area contributed by atoms with Crippen LogP contribution in [-0.2, 0) is 11.2 Å². The average Bonchev–Trinajstić information content (AvgIpc) is 3.17. The van der Waals surface area contributed by atoms with Crippen LogP contribution in [0.3, 0.4) is 0 Å². The zero-order valence-electron chi connectivity index (χ0n) is 15.2. The van der Waals surface area contributed by atoms with Crippen molar-refractivity contribution in [1.29, 1.82) is 0 Å². The Labute approximate surface area is 158 Å². The van der Waals surface area contributed by atoms with Crippen molar-refractivity contribution >= 4 is 17.7 Å². The van der Waals surface area contributed by atoms with Crippen LogP contribution in [0.2, 0.25) is 0 Å². The topological polar surface area (TPSA) is 48.0 Å². The van der Waals surface area contributed by atoms with E-state index < -0.39 is 0 Å². The second-order valence-electron chi connectivity index (χ2n) is 5.94. The standard InChI is InChI=1S/C20H23NO4S/c1-23-15-6-4-14(5-7-15)12-19(22)21-10-11-26-20(21)17-9-8-16(24-2)13-18(17)25-3/h4-9,13,20H,10-12H2,1-3H3. The molecule has 5 nitrogen and oxygen atoms in total. The van der Waals surface area contributed by atoms with Crippen LogP contribution >= 0.6 is 11.8 Å². The van der Waals surface area contributed by atoms with E-state index in [0.717, 1.165) is 40.7 Å². The van der Waals surface area contributed by atoms with Crippen LogP contribution in [-0.4, -0.2) is 44.4 Å². The fourth-order valence-electron chi connectivity index (χ4n) is 3.03. The molecule has 1 amide bonds. The van der Waals surface area contributed by atoms with Crippen LogP contribution in [0.1, 0.15) is 16.5 Å². The van der Waals surface area contributed by atoms with E-state index in [1.807, 2.05) is 47.4 Å². The van der Waals surface area contributed by atoms with Gasteiger partial charge in [0.2, 0.25) is 5.91 Å². The molecule has 0 aliphatic carbocycles. The minimum Gasteiger partial charge on any atom is -0.497 e. The Balaban J connectivity index is 1.78. The van der Waals surface area contributed by atoms with E-state index in [2.05, 4.69) is 0 Å². The molecule has 0 saturated carbocycles. The quantitative estimate of drug-likeness (QED) is 0.775. The Morgan fingerprint density at radius 2 is 1.73 bits per heavy atom. The SMILES string of the molecule is COc1ccc(CC(=O)N2CCSC2c2ccc(OC)cc2OC)cc1. The monoisotopic (exact) mass is 373 g/mol. The van der Waals surface area contributed by atoms with E-state index in [1.165, 1.54) is 0 Å². The Morgan fingerprint density at radius 3 is 2.38 bits per heavy atom. The van der Waals surface area contributed by atoms with Gasteiger partial charge in [0.05, 0.1) is 27.8 Å². The van der Waals surface area contributed by atoms with Crippen LogP contribution in [0.25, 0.3) is 0 Å². The van der Waals surface area contributed by atoms with Crippen LogP contribution in [0, 0.1) is 0 Å². The molecule has 0 spiro atoms. The molecule has 1 unspecified atom stereocenters. The highest BCUT2D eigenvalue weighted by Gasteiger charge is 2.32. The van der Waals surface area contributed by atoms with E-state index in [1.54, 1.807) is 33.1 Å². The summed E-state index contributed by atoms with van der Waals surface area (Å²) in [7, 11) is 4.90. The maximum atomic E-state index is 12.9. The molecule has 1 fully saturated rings. The van der Waals surface area contributed by atoms with Gasteiger partial charge in [-0.15, -0.1) is 11.8 Å². The molecule has 2 aromatic carbocycles. The van der Waals surface area contributed by atoms with Gasteiger partial charge in [-0.3, -0.25) is 4.79 Å². The lowest BCUT2D eigenvalue weighted by atomic mass is 10.1. The third-order valence-corrected chi connectivity index (χ3v) is 5.67. The second-order valence-corrected chi connectivity index (χ2v) is 7.13. The fourth-order valence-corrected chi connectivity index (χ4v) is 4.33. The molecule has 1 atom stereocenters. The van der Waals surface area contributed by atoms with Crippen molar-refractivity contribution in [3.8, 4) is 17.2 Å². The van der Waals surface area contributed by atoms with Crippen molar-refractivity contribution in [3.05, 3.63) is 53.6 Å². The molecule has 0 radical (unpaired) electrons. The van der Waals surface area contributed by atoms with Crippen LogP contribution in [0.15, 0.2) is 42.5 Å². The minimum absolute atomic E-state index is 0.0402. The van der Waals surface area contributed by atoms with Crippen LogP contribution < -0.4 is 14.2 Å². The van der Waals surface area contributed by atoms with E-state index in [0.29, 0.717) is 6.42 Å². The van der Waals surface area contributed by atoms with Crippen molar-refractivity contribution in [2.24, 2.45) is 0 Å². The number of hydrogen-bond acceptors (Lipinski definition) is 5. The largest absolute Gasteiger partial charge is 0.497 e. The van der Waals surface area contributed by atoms with Crippen LogP contribution in [0.4, 0.5) is 0 Å². The van der Waals surface area contributed by atoms with Gasteiger partial charge in [0, 0.05) is 23.9 Å². The van der Waals surface area contributed by atoms with Gasteiger partial charge < -0.3 is 19.1 Å². The van der Waals surface area contributed by atoms with Gasteiger partial charge in [0.15, 0.2) is 0 Å². The summed E-state index contributed by atoms with van der Waals surface area (Å²) in [5.41, 5.74) is 1.98. The summed E-state index contributed by atoms with van der Waals surface area (Å²) in [6.07, 6.45) is 0.375. The number of thioether (sulfide) groups is 1. The number of benzene rings is 2. The van der Waals surface area contributed by atoms with Crippen molar-refractivity contribution in [2.45, 2.75) is 11.8 Å². The zero-order valence-corrected chi connectivity index (χ0v) is 16.0. The third-order valence-electron chi connectivity index (χ3n) is 4.43. The Morgan fingerprint density at radius 1 is 1.04 bits per heavy atom. The summed E-state index contributed by atoms with van der Waals surface area (Å²) in [4.78, 5) is 14.8. The van der Waals surface area contributed by atoms with Crippen molar-refractivity contribution in [2.75, 3.05) is 33.6 Å². The molecule has 0 bridgehead atoms. The molecule has 0 aromatic heterocycles. The number of hydrogen-bond donors (Lipinski definition) is 0. The number of ether oxygens (including phenoxy) is 3. The molecular formula is C20H23NO4S. The lowest BCUT2D eigenvalue weighted by molar-refractivity contribution is -0.130. The van der Waals surface area contributed by atoms with Gasteiger partial charge in [0.1, 0.15) is 22.6 Å². The average molecular weight is 373 g/mol. The normalized spacial score (nSPS) is 16.4. The summed E-state index contributed by atoms with van der Waals surface area (Å²) in [6, 6.07) is 13.4. The summed E-state index contributed by atoms with van der Waals surface area (Å²) >= 11 is 1.76. The first-order valence-electron chi connectivity index (χ1n) is 8.42. The van der Waals surface area contributed by atoms with Gasteiger partial charge in [-0.1, -0.05) is 12.1 Å². The molecule has 1 heterocycles. The molecule has 1 aliphatic heterocycles. The summed E-state index contributed by atoms with van der Waals surface area (Å²) in [5.74, 6) is 3.30. The van der Waals surface area contributed by atoms with Crippen molar-refractivity contribution < 1.29 is 19.0 Å². The molecule has 1 saturated heterocycles. The first-order chi connectivity index (χ1) is 12.7. The lowest BCUT2D eigenvalue weighted by Gasteiger charge is -2.26. The fraction of sp³-hybridized carbons (Fsp3) is 0.350. The van der Waals surface area contributed by atoms with E-state index >= 15 is 0 Å². The number of nitrogens with zero attached hydrogens (tertiary/aromatic N) is 1. The van der Waals surface area contributed by atoms with Gasteiger partial charge in [-0.2, -0.15) is 0 Å². The Kier molecular flexibility index (Phi) is 5.93.